The van der Waals surface area contributed by atoms with Gasteiger partial charge in [-0.3, -0.25) is 0 Å². The zero-order valence-corrected chi connectivity index (χ0v) is 9.54. The van der Waals surface area contributed by atoms with E-state index < -0.39 is 0 Å². The predicted molar refractivity (Wildman–Crippen MR) is 51.7 cm³/mol. The zero-order chi connectivity index (χ0) is 6.85. The topological polar surface area (TPSA) is 0 Å². The maximum atomic E-state index is 3.57. The van der Waals surface area contributed by atoms with Gasteiger partial charge in [0.15, 0.2) is 0 Å². The number of hydrogen-bond acceptors (Lipinski definition) is 0. The van der Waals surface area contributed by atoms with Crippen LogP contribution in [0.5, 0.6) is 0 Å². The Labute approximate surface area is 80.5 Å². The minimum Gasteiger partial charge on any atom is -0.0875 e. The molecule has 52 valence electrons. The van der Waals surface area contributed by atoms with E-state index in [9.17, 15) is 0 Å². The lowest BCUT2D eigenvalue weighted by atomic mass is 10.1. The molecule has 0 unspecified atom stereocenters. The van der Waals surface area contributed by atoms with E-state index in [1.54, 1.807) is 0 Å². The maximum absolute atomic E-state index is 3.57. The highest BCUT2D eigenvalue weighted by Crippen LogP contribution is 2.31. The molecule has 0 aromatic rings. The molecule has 0 N–H and O–H groups in total. The molecule has 0 aliphatic heterocycles. The van der Waals surface area contributed by atoms with E-state index >= 15 is 0 Å². The fourth-order valence-corrected chi connectivity index (χ4v) is 2.63. The second-order valence-corrected chi connectivity index (χ2v) is 5.36. The van der Waals surface area contributed by atoms with Gasteiger partial charge in [0.1, 0.15) is 0 Å². The Morgan fingerprint density at radius 1 is 1.44 bits per heavy atom. The largest absolute Gasteiger partial charge is 0.0875 e. The molecule has 0 spiro atoms. The Balaban J connectivity index is 2.58. The fourth-order valence-electron chi connectivity index (χ4n) is 0.796. The summed E-state index contributed by atoms with van der Waals surface area (Å²) in [5.74, 6) is 0. The molecule has 9 heavy (non-hydrogen) atoms. The Bertz CT molecular complexity index is 130. The Kier molecular flexibility index (Phi) is 3.25. The summed E-state index contributed by atoms with van der Waals surface area (Å²) < 4.78 is 1.32. The molecule has 1 aliphatic rings. The highest BCUT2D eigenvalue weighted by Gasteiger charge is 2.18. The van der Waals surface area contributed by atoms with Gasteiger partial charge in [-0.15, -0.1) is 0 Å². The van der Waals surface area contributed by atoms with Crippen molar-refractivity contribution < 1.29 is 0 Å². The minimum absolute atomic E-state index is 0.501. The van der Waals surface area contributed by atoms with E-state index in [0.29, 0.717) is 9.65 Å². The molecule has 2 atom stereocenters. The number of hydrogen-bond donors (Lipinski definition) is 0. The molecular weight excluding hydrogens is 312 g/mol. The van der Waals surface area contributed by atoms with Crippen molar-refractivity contribution in [3.63, 3.8) is 0 Å². The average Bonchev–Trinajstić information content (AvgIpc) is 1.80. The Morgan fingerprint density at radius 2 is 2.11 bits per heavy atom. The van der Waals surface area contributed by atoms with Gasteiger partial charge < -0.3 is 0 Å². The number of halogens is 3. The smallest absolute Gasteiger partial charge is 0.0461 e. The van der Waals surface area contributed by atoms with E-state index in [2.05, 4.69) is 53.9 Å². The van der Waals surface area contributed by atoms with Crippen molar-refractivity contribution in [1.29, 1.82) is 0 Å². The third-order valence-electron chi connectivity index (χ3n) is 1.34. The first-order valence-electron chi connectivity index (χ1n) is 2.84. The summed E-state index contributed by atoms with van der Waals surface area (Å²) >= 11 is 10.6. The van der Waals surface area contributed by atoms with Gasteiger partial charge in [0.2, 0.25) is 0 Å². The van der Waals surface area contributed by atoms with Crippen molar-refractivity contribution >= 4 is 47.8 Å². The van der Waals surface area contributed by atoms with Crippen molar-refractivity contribution in [2.45, 2.75) is 22.5 Å². The molecule has 0 radical (unpaired) electrons. The van der Waals surface area contributed by atoms with Gasteiger partial charge in [0.25, 0.3) is 0 Å². The lowest BCUT2D eigenvalue weighted by Gasteiger charge is -2.18. The molecule has 0 fully saturated rings. The molecule has 0 saturated carbocycles. The number of allylic oxidation sites excluding steroid dienone is 2. The summed E-state index contributed by atoms with van der Waals surface area (Å²) in [6.45, 7) is 0. The van der Waals surface area contributed by atoms with Crippen LogP contribution in [0, 0.1) is 0 Å². The monoisotopic (exact) mass is 316 g/mol. The van der Waals surface area contributed by atoms with Crippen LogP contribution < -0.4 is 0 Å². The van der Waals surface area contributed by atoms with Crippen LogP contribution in [-0.4, -0.2) is 9.65 Å². The van der Waals surface area contributed by atoms with Crippen LogP contribution in [0.15, 0.2) is 10.6 Å². The van der Waals surface area contributed by atoms with Gasteiger partial charge in [0, 0.05) is 9.65 Å². The lowest BCUT2D eigenvalue weighted by molar-refractivity contribution is 0.770. The first-order valence-corrected chi connectivity index (χ1v) is 5.47. The normalized spacial score (nSPS) is 36.1. The third-order valence-corrected chi connectivity index (χ3v) is 4.64. The van der Waals surface area contributed by atoms with E-state index in [4.69, 9.17) is 0 Å². The van der Waals surface area contributed by atoms with E-state index in [-0.39, 0.29) is 0 Å². The molecule has 0 amide bonds. The van der Waals surface area contributed by atoms with Gasteiger partial charge >= 0.3 is 0 Å². The van der Waals surface area contributed by atoms with Gasteiger partial charge in [-0.1, -0.05) is 53.9 Å². The van der Waals surface area contributed by atoms with E-state index in [1.165, 1.54) is 10.9 Å². The van der Waals surface area contributed by atoms with E-state index in [1.807, 2.05) is 0 Å². The van der Waals surface area contributed by atoms with E-state index in [0.717, 1.165) is 6.42 Å². The highest BCUT2D eigenvalue weighted by molar-refractivity contribution is 9.12. The molecule has 1 rings (SSSR count). The summed E-state index contributed by atoms with van der Waals surface area (Å²) in [7, 11) is 0. The molecule has 0 nitrogen and oxygen atoms in total. The van der Waals surface area contributed by atoms with Crippen molar-refractivity contribution in [3.8, 4) is 0 Å². The van der Waals surface area contributed by atoms with Crippen LogP contribution in [-0.2, 0) is 0 Å². The molecule has 0 aromatic heterocycles. The molecule has 1 aliphatic carbocycles. The second-order valence-electron chi connectivity index (χ2n) is 2.11. The third kappa shape index (κ3) is 2.35. The van der Waals surface area contributed by atoms with Crippen LogP contribution in [0.2, 0.25) is 0 Å². The second kappa shape index (κ2) is 3.54. The van der Waals surface area contributed by atoms with Gasteiger partial charge in [-0.25, -0.2) is 0 Å². The van der Waals surface area contributed by atoms with Gasteiger partial charge in [-0.2, -0.15) is 0 Å². The first-order chi connectivity index (χ1) is 4.20. The highest BCUT2D eigenvalue weighted by atomic mass is 79.9. The van der Waals surface area contributed by atoms with Crippen LogP contribution in [0.3, 0.4) is 0 Å². The van der Waals surface area contributed by atoms with Crippen LogP contribution >= 0.6 is 47.8 Å². The first kappa shape index (κ1) is 8.28. The number of rotatable bonds is 0. The van der Waals surface area contributed by atoms with Crippen molar-refractivity contribution in [2.75, 3.05) is 0 Å². The zero-order valence-electron chi connectivity index (χ0n) is 4.78. The lowest BCUT2D eigenvalue weighted by Crippen LogP contribution is -2.15. The molecule has 0 aromatic carbocycles. The van der Waals surface area contributed by atoms with Crippen molar-refractivity contribution in [1.82, 2.24) is 0 Å². The van der Waals surface area contributed by atoms with Crippen LogP contribution in [0.4, 0.5) is 0 Å². The fraction of sp³-hybridized carbons (Fsp3) is 0.667. The number of alkyl halides is 2. The average molecular weight is 319 g/mol. The predicted octanol–water partition coefficient (Wildman–Crippen LogP) is 3.59. The maximum Gasteiger partial charge on any atom is 0.0461 e. The van der Waals surface area contributed by atoms with Crippen molar-refractivity contribution in [3.05, 3.63) is 10.6 Å². The minimum atomic E-state index is 0.501. The summed E-state index contributed by atoms with van der Waals surface area (Å²) in [5, 5.41) is 0. The summed E-state index contributed by atoms with van der Waals surface area (Å²) in [4.78, 5) is 1.11. The van der Waals surface area contributed by atoms with Crippen LogP contribution in [0.25, 0.3) is 0 Å². The summed E-state index contributed by atoms with van der Waals surface area (Å²) in [5.41, 5.74) is 0. The van der Waals surface area contributed by atoms with Crippen LogP contribution in [0.1, 0.15) is 12.8 Å². The Morgan fingerprint density at radius 3 is 2.56 bits per heavy atom. The van der Waals surface area contributed by atoms with Crippen molar-refractivity contribution in [2.24, 2.45) is 0 Å². The summed E-state index contributed by atoms with van der Waals surface area (Å²) in [6, 6.07) is 0. The molecule has 0 bridgehead atoms. The molecule has 3 heteroatoms. The molecular formula is C6H7Br3. The molecule has 0 heterocycles. The molecule has 0 saturated heterocycles. The SMILES string of the molecule is BrC1=C[C@@H](Br)[C@H](Br)CC1. The quantitative estimate of drug-likeness (QED) is 0.599. The standard InChI is InChI=1S/C6H7Br3/c7-4-1-2-5(8)6(9)3-4/h3,5-6H,1-2H2/t5-,6-/m1/s1. The van der Waals surface area contributed by atoms with Gasteiger partial charge in [-0.05, 0) is 17.3 Å². The van der Waals surface area contributed by atoms with Gasteiger partial charge in [0.05, 0.1) is 0 Å². The Hall–Kier alpha value is 1.18. The summed E-state index contributed by atoms with van der Waals surface area (Å²) in [6.07, 6.45) is 4.58.